The molecule has 2 aromatic carbocycles. The van der Waals surface area contributed by atoms with Gasteiger partial charge in [-0.05, 0) is 59.8 Å². The molecular weight excluding hydrogens is 444 g/mol. The van der Waals surface area contributed by atoms with E-state index in [9.17, 15) is 14.3 Å². The maximum Gasteiger partial charge on any atom is 0.245 e. The van der Waals surface area contributed by atoms with Crippen molar-refractivity contribution < 1.29 is 19.0 Å². The summed E-state index contributed by atoms with van der Waals surface area (Å²) in [6, 6.07) is 7.66. The molecule has 3 aromatic rings. The van der Waals surface area contributed by atoms with Crippen LogP contribution in [0.3, 0.4) is 0 Å². The molecule has 2 saturated heterocycles. The number of benzene rings is 2. The lowest BCUT2D eigenvalue weighted by atomic mass is 9.95. The van der Waals surface area contributed by atoms with Crippen LogP contribution in [0, 0.1) is 5.82 Å². The topological polar surface area (TPSA) is 90.8 Å². The number of phenols is 1. The summed E-state index contributed by atoms with van der Waals surface area (Å²) in [5, 5.41) is 13.5. The number of fused-ring (bicyclic) bond motifs is 1. The Hall–Kier alpha value is -3.03. The Morgan fingerprint density at radius 1 is 1.21 bits per heavy atom. The minimum atomic E-state index is -0.698. The van der Waals surface area contributed by atoms with E-state index in [0.29, 0.717) is 40.4 Å². The van der Waals surface area contributed by atoms with Crippen LogP contribution in [0.4, 0.5) is 26.4 Å². The Labute approximate surface area is 192 Å². The molecule has 0 radical (unpaired) electrons. The molecule has 10 heteroatoms. The molecule has 0 saturated carbocycles. The third-order valence-electron chi connectivity index (χ3n) is 6.46. The van der Waals surface area contributed by atoms with Gasteiger partial charge in [0.15, 0.2) is 11.6 Å². The van der Waals surface area contributed by atoms with Gasteiger partial charge in [-0.3, -0.25) is 4.79 Å². The molecule has 172 valence electrons. The summed E-state index contributed by atoms with van der Waals surface area (Å²) in [6.45, 7) is 2.66. The lowest BCUT2D eigenvalue weighted by molar-refractivity contribution is 0.242. The zero-order chi connectivity index (χ0) is 23.2. The lowest BCUT2D eigenvalue weighted by Gasteiger charge is -2.36. The minimum Gasteiger partial charge on any atom is -0.505 e. The second-order valence-electron chi connectivity index (χ2n) is 8.65. The third kappa shape index (κ3) is 4.07. The SMILES string of the molecule is COc1cc2ncnc(Nc3ccc(F)c(O)c3)c2cc1N1CC2(CCN(C)CC2)PC1=O. The standard InChI is InChI=1S/C23H25FN5O3P/c1-28-7-5-23(6-8-28)12-29(22(31)33-23)18-10-15-17(11-20(18)32-2)25-13-26-21(15)27-14-3-4-16(24)19(30)9-14/h3-4,9-11,13,30,33H,5-8,12H2,1-2H3,(H,25,26,27). The zero-order valence-corrected chi connectivity index (χ0v) is 19.4. The van der Waals surface area contributed by atoms with Gasteiger partial charge in [0.25, 0.3) is 0 Å². The highest BCUT2D eigenvalue weighted by molar-refractivity contribution is 7.60. The van der Waals surface area contributed by atoms with Crippen LogP contribution < -0.4 is 15.0 Å². The summed E-state index contributed by atoms with van der Waals surface area (Å²) in [6.07, 6.45) is 3.43. The molecule has 8 nitrogen and oxygen atoms in total. The molecule has 33 heavy (non-hydrogen) atoms. The zero-order valence-electron chi connectivity index (χ0n) is 18.4. The number of amides is 1. The molecule has 1 unspecified atom stereocenters. The van der Waals surface area contributed by atoms with Gasteiger partial charge in [-0.2, -0.15) is 0 Å². The number of hydrogen-bond acceptors (Lipinski definition) is 7. The summed E-state index contributed by atoms with van der Waals surface area (Å²) in [4.78, 5) is 26.0. The number of likely N-dealkylation sites (tertiary alicyclic amines) is 1. The molecule has 2 aliphatic heterocycles. The largest absolute Gasteiger partial charge is 0.505 e. The van der Waals surface area contributed by atoms with Gasteiger partial charge in [0, 0.05) is 34.9 Å². The van der Waals surface area contributed by atoms with Crippen molar-refractivity contribution in [3.8, 4) is 11.5 Å². The molecule has 5 rings (SSSR count). The second kappa shape index (κ2) is 8.39. The molecule has 3 heterocycles. The average Bonchev–Trinajstić information content (AvgIpc) is 3.13. The van der Waals surface area contributed by atoms with Crippen molar-refractivity contribution in [1.29, 1.82) is 0 Å². The summed E-state index contributed by atoms with van der Waals surface area (Å²) in [5.41, 5.74) is 1.93. The Balaban J connectivity index is 1.53. The molecule has 0 aliphatic carbocycles. The number of aromatic nitrogens is 2. The molecular formula is C23H25FN5O3P. The van der Waals surface area contributed by atoms with E-state index in [1.807, 2.05) is 11.0 Å². The van der Waals surface area contributed by atoms with E-state index in [1.54, 1.807) is 13.2 Å². The highest BCUT2D eigenvalue weighted by atomic mass is 31.1. The second-order valence-corrected chi connectivity index (χ2v) is 10.4. The van der Waals surface area contributed by atoms with E-state index >= 15 is 0 Å². The maximum absolute atomic E-state index is 13.5. The number of nitrogens with zero attached hydrogens (tertiary/aromatic N) is 4. The Morgan fingerprint density at radius 2 is 2.00 bits per heavy atom. The summed E-state index contributed by atoms with van der Waals surface area (Å²) in [5.74, 6) is -0.0863. The molecule has 1 atom stereocenters. The Bertz CT molecular complexity index is 1230. The fourth-order valence-corrected chi connectivity index (χ4v) is 6.01. The highest BCUT2D eigenvalue weighted by Crippen LogP contribution is 2.51. The number of ether oxygens (including phenoxy) is 1. The van der Waals surface area contributed by atoms with Gasteiger partial charge in [-0.25, -0.2) is 14.4 Å². The number of halogens is 1. The van der Waals surface area contributed by atoms with Gasteiger partial charge in [-0.15, -0.1) is 0 Å². The normalized spacial score (nSPS) is 19.0. The number of rotatable bonds is 4. The van der Waals surface area contributed by atoms with Crippen LogP contribution in [0.15, 0.2) is 36.7 Å². The smallest absolute Gasteiger partial charge is 0.245 e. The Kier molecular flexibility index (Phi) is 5.54. The quantitative estimate of drug-likeness (QED) is 0.551. The molecule has 1 spiro atoms. The molecule has 1 aromatic heterocycles. The first kappa shape index (κ1) is 21.8. The van der Waals surface area contributed by atoms with E-state index in [2.05, 4.69) is 27.2 Å². The van der Waals surface area contributed by atoms with Crippen molar-refractivity contribution in [1.82, 2.24) is 14.9 Å². The van der Waals surface area contributed by atoms with Crippen LogP contribution in [0.25, 0.3) is 10.9 Å². The predicted molar refractivity (Wildman–Crippen MR) is 128 cm³/mol. The fourth-order valence-electron chi connectivity index (χ4n) is 4.51. The predicted octanol–water partition coefficient (Wildman–Crippen LogP) is 4.31. The number of carbonyl (C=O) groups excluding carboxylic acids is 1. The van der Waals surface area contributed by atoms with Crippen molar-refractivity contribution in [2.75, 3.05) is 44.0 Å². The average molecular weight is 469 g/mol. The number of nitrogens with one attached hydrogen (secondary N) is 1. The van der Waals surface area contributed by atoms with E-state index in [1.165, 1.54) is 24.5 Å². The summed E-state index contributed by atoms with van der Waals surface area (Å²) < 4.78 is 19.1. The summed E-state index contributed by atoms with van der Waals surface area (Å²) in [7, 11) is 3.94. The monoisotopic (exact) mass is 469 g/mol. The molecule has 2 aliphatic rings. The van der Waals surface area contributed by atoms with Crippen molar-refractivity contribution in [2.24, 2.45) is 0 Å². The number of phenolic OH excluding ortho intramolecular Hbond substituents is 1. The molecule has 1 amide bonds. The van der Waals surface area contributed by atoms with Crippen LogP contribution in [0.5, 0.6) is 11.5 Å². The van der Waals surface area contributed by atoms with Crippen LogP contribution in [0.2, 0.25) is 0 Å². The number of carbonyl (C=O) groups is 1. The van der Waals surface area contributed by atoms with Gasteiger partial charge in [0.05, 0.1) is 18.3 Å². The maximum atomic E-state index is 13.5. The third-order valence-corrected chi connectivity index (χ3v) is 8.13. The van der Waals surface area contributed by atoms with Gasteiger partial charge in [-0.1, -0.05) is 0 Å². The first-order valence-corrected chi connectivity index (χ1v) is 11.7. The Morgan fingerprint density at radius 3 is 2.73 bits per heavy atom. The van der Waals surface area contributed by atoms with Crippen molar-refractivity contribution >= 4 is 42.3 Å². The number of piperidine rings is 1. The number of aromatic hydroxyl groups is 1. The van der Waals surface area contributed by atoms with Gasteiger partial charge in [0.1, 0.15) is 17.9 Å². The van der Waals surface area contributed by atoms with E-state index in [0.717, 1.165) is 25.9 Å². The van der Waals surface area contributed by atoms with Gasteiger partial charge in [0.2, 0.25) is 5.65 Å². The highest BCUT2D eigenvalue weighted by Gasteiger charge is 2.45. The van der Waals surface area contributed by atoms with Crippen LogP contribution in [-0.4, -0.2) is 64.6 Å². The number of anilines is 3. The van der Waals surface area contributed by atoms with Gasteiger partial charge < -0.3 is 25.0 Å². The minimum absolute atomic E-state index is 0.0173. The van der Waals surface area contributed by atoms with Crippen LogP contribution >= 0.6 is 8.58 Å². The summed E-state index contributed by atoms with van der Waals surface area (Å²) >= 11 is 0. The van der Waals surface area contributed by atoms with Crippen molar-refractivity contribution in [3.05, 3.63) is 42.5 Å². The van der Waals surface area contributed by atoms with E-state index < -0.39 is 11.6 Å². The first-order chi connectivity index (χ1) is 15.9. The molecule has 0 bridgehead atoms. The van der Waals surface area contributed by atoms with E-state index in [-0.39, 0.29) is 19.4 Å². The fraction of sp³-hybridized carbons (Fsp3) is 0.348. The first-order valence-electron chi connectivity index (χ1n) is 10.7. The van der Waals surface area contributed by atoms with Crippen LogP contribution in [0.1, 0.15) is 12.8 Å². The van der Waals surface area contributed by atoms with Crippen molar-refractivity contribution in [3.63, 3.8) is 0 Å². The van der Waals surface area contributed by atoms with Crippen molar-refractivity contribution in [2.45, 2.75) is 18.0 Å². The molecule has 2 N–H and O–H groups in total. The van der Waals surface area contributed by atoms with E-state index in [4.69, 9.17) is 4.74 Å². The van der Waals surface area contributed by atoms with Crippen LogP contribution in [-0.2, 0) is 0 Å². The number of methoxy groups -OCH3 is 1. The number of hydrogen-bond donors (Lipinski definition) is 2. The lowest BCUT2D eigenvalue weighted by Crippen LogP contribution is -2.42. The van der Waals surface area contributed by atoms with Gasteiger partial charge >= 0.3 is 0 Å². The molecule has 2 fully saturated rings.